The number of hydrogen-bond acceptors (Lipinski definition) is 3. The van der Waals surface area contributed by atoms with Gasteiger partial charge in [0, 0.05) is 30.4 Å². The second-order valence-corrected chi connectivity index (χ2v) is 5.28. The Morgan fingerprint density at radius 2 is 2.00 bits per heavy atom. The fourth-order valence-electron chi connectivity index (χ4n) is 1.41. The van der Waals surface area contributed by atoms with Gasteiger partial charge in [-0.1, -0.05) is 6.92 Å². The van der Waals surface area contributed by atoms with E-state index >= 15 is 0 Å². The lowest BCUT2D eigenvalue weighted by molar-refractivity contribution is 0.176. The fourth-order valence-corrected chi connectivity index (χ4v) is 2.45. The molecular weight excluding hydrogens is 237 g/mol. The summed E-state index contributed by atoms with van der Waals surface area (Å²) < 4.78 is 17.7. The molecule has 0 radical (unpaired) electrons. The van der Waals surface area contributed by atoms with Gasteiger partial charge in [-0.2, -0.15) is 0 Å². The van der Waals surface area contributed by atoms with Crippen LogP contribution in [0.3, 0.4) is 0 Å². The monoisotopic (exact) mass is 257 g/mol. The summed E-state index contributed by atoms with van der Waals surface area (Å²) >= 11 is 1.67. The molecule has 4 heteroatoms. The van der Waals surface area contributed by atoms with E-state index in [0.29, 0.717) is 5.92 Å². The third-order valence-electron chi connectivity index (χ3n) is 2.76. The Hall–Kier alpha value is -0.580. The lowest BCUT2D eigenvalue weighted by Gasteiger charge is -2.19. The Morgan fingerprint density at radius 3 is 2.59 bits per heavy atom. The molecule has 2 N–H and O–H groups in total. The van der Waals surface area contributed by atoms with Crippen LogP contribution in [0.5, 0.6) is 0 Å². The van der Waals surface area contributed by atoms with Crippen LogP contribution in [0, 0.1) is 11.7 Å². The second-order valence-electron chi connectivity index (χ2n) is 4.19. The minimum Gasteiger partial charge on any atom is -0.385 e. The van der Waals surface area contributed by atoms with Crippen molar-refractivity contribution in [1.82, 2.24) is 0 Å². The smallest absolute Gasteiger partial charge is 0.123 e. The highest BCUT2D eigenvalue weighted by Crippen LogP contribution is 2.21. The Balaban J connectivity index is 2.32. The predicted molar refractivity (Wildman–Crippen MR) is 70.8 cm³/mol. The van der Waals surface area contributed by atoms with Crippen LogP contribution in [0.2, 0.25) is 0 Å². The molecule has 1 aromatic rings. The SMILES string of the molecule is COCCC(C)C(N)CSc1ccc(F)cc1. The molecule has 2 nitrogen and oxygen atoms in total. The van der Waals surface area contributed by atoms with E-state index in [4.69, 9.17) is 10.5 Å². The van der Waals surface area contributed by atoms with Crippen molar-refractivity contribution < 1.29 is 9.13 Å². The molecule has 2 atom stereocenters. The van der Waals surface area contributed by atoms with Crippen LogP contribution in [0.25, 0.3) is 0 Å². The molecule has 0 saturated carbocycles. The molecule has 0 spiro atoms. The van der Waals surface area contributed by atoms with Gasteiger partial charge in [-0.15, -0.1) is 11.8 Å². The molecule has 0 saturated heterocycles. The Kier molecular flexibility index (Phi) is 6.55. The van der Waals surface area contributed by atoms with E-state index in [1.807, 2.05) is 0 Å². The second kappa shape index (κ2) is 7.69. The van der Waals surface area contributed by atoms with E-state index in [1.165, 1.54) is 12.1 Å². The van der Waals surface area contributed by atoms with Gasteiger partial charge in [0.25, 0.3) is 0 Å². The van der Waals surface area contributed by atoms with Crippen LogP contribution in [0.1, 0.15) is 13.3 Å². The van der Waals surface area contributed by atoms with Crippen molar-refractivity contribution >= 4 is 11.8 Å². The van der Waals surface area contributed by atoms with Gasteiger partial charge in [-0.05, 0) is 36.6 Å². The third-order valence-corrected chi connectivity index (χ3v) is 3.92. The minimum absolute atomic E-state index is 0.139. The summed E-state index contributed by atoms with van der Waals surface area (Å²) in [6.07, 6.45) is 0.974. The maximum absolute atomic E-state index is 12.7. The third kappa shape index (κ3) is 5.52. The molecule has 0 aliphatic rings. The summed E-state index contributed by atoms with van der Waals surface area (Å²) in [6.45, 7) is 2.88. The number of hydrogen-bond donors (Lipinski definition) is 1. The molecule has 0 aromatic heterocycles. The van der Waals surface area contributed by atoms with Crippen molar-refractivity contribution in [2.75, 3.05) is 19.5 Å². The number of benzene rings is 1. The van der Waals surface area contributed by atoms with Crippen molar-refractivity contribution in [3.05, 3.63) is 30.1 Å². The van der Waals surface area contributed by atoms with Gasteiger partial charge in [-0.3, -0.25) is 0 Å². The van der Waals surface area contributed by atoms with Crippen LogP contribution in [0.4, 0.5) is 4.39 Å². The predicted octanol–water partition coefficient (Wildman–Crippen LogP) is 2.92. The van der Waals surface area contributed by atoms with E-state index in [1.54, 1.807) is 31.0 Å². The standard InChI is InChI=1S/C13H20FNOS/c1-10(7-8-16-2)13(15)9-17-12-5-3-11(14)4-6-12/h3-6,10,13H,7-9,15H2,1-2H3. The van der Waals surface area contributed by atoms with Crippen molar-refractivity contribution in [3.8, 4) is 0 Å². The van der Waals surface area contributed by atoms with E-state index in [2.05, 4.69) is 6.92 Å². The molecule has 0 aliphatic heterocycles. The first-order chi connectivity index (χ1) is 8.13. The van der Waals surface area contributed by atoms with Gasteiger partial charge in [0.05, 0.1) is 0 Å². The number of halogens is 1. The van der Waals surface area contributed by atoms with Crippen molar-refractivity contribution in [3.63, 3.8) is 0 Å². The van der Waals surface area contributed by atoms with Crippen LogP contribution in [-0.4, -0.2) is 25.5 Å². The zero-order valence-electron chi connectivity index (χ0n) is 10.4. The minimum atomic E-state index is -0.202. The first-order valence-corrected chi connectivity index (χ1v) is 6.75. The van der Waals surface area contributed by atoms with Crippen LogP contribution in [-0.2, 0) is 4.74 Å². The maximum atomic E-state index is 12.7. The normalized spacial score (nSPS) is 14.6. The molecule has 0 amide bonds. The molecule has 2 unspecified atom stereocenters. The van der Waals surface area contributed by atoms with E-state index < -0.39 is 0 Å². The zero-order valence-corrected chi connectivity index (χ0v) is 11.2. The van der Waals surface area contributed by atoms with Crippen molar-refractivity contribution in [1.29, 1.82) is 0 Å². The zero-order chi connectivity index (χ0) is 12.7. The quantitative estimate of drug-likeness (QED) is 0.763. The molecule has 0 bridgehead atoms. The Morgan fingerprint density at radius 1 is 1.35 bits per heavy atom. The Bertz CT molecular complexity index is 318. The van der Waals surface area contributed by atoms with Crippen molar-refractivity contribution in [2.24, 2.45) is 11.7 Å². The summed E-state index contributed by atoms with van der Waals surface area (Å²) in [5.41, 5.74) is 6.09. The van der Waals surface area contributed by atoms with E-state index in [0.717, 1.165) is 23.7 Å². The molecular formula is C13H20FNOS. The van der Waals surface area contributed by atoms with Gasteiger partial charge in [0.15, 0.2) is 0 Å². The highest BCUT2D eigenvalue weighted by Gasteiger charge is 2.12. The molecule has 96 valence electrons. The number of thioether (sulfide) groups is 1. The number of ether oxygens (including phenoxy) is 1. The fraction of sp³-hybridized carbons (Fsp3) is 0.538. The van der Waals surface area contributed by atoms with Crippen LogP contribution in [0.15, 0.2) is 29.2 Å². The molecule has 1 rings (SSSR count). The molecule has 0 heterocycles. The van der Waals surface area contributed by atoms with Crippen LogP contribution >= 0.6 is 11.8 Å². The molecule has 0 fully saturated rings. The highest BCUT2D eigenvalue weighted by molar-refractivity contribution is 7.99. The highest BCUT2D eigenvalue weighted by atomic mass is 32.2. The number of methoxy groups -OCH3 is 1. The van der Waals surface area contributed by atoms with E-state index in [9.17, 15) is 4.39 Å². The summed E-state index contributed by atoms with van der Waals surface area (Å²) in [7, 11) is 1.70. The maximum Gasteiger partial charge on any atom is 0.123 e. The number of rotatable bonds is 7. The largest absolute Gasteiger partial charge is 0.385 e. The number of nitrogens with two attached hydrogens (primary N) is 1. The topological polar surface area (TPSA) is 35.2 Å². The summed E-state index contributed by atoms with van der Waals surface area (Å²) in [6, 6.07) is 6.66. The van der Waals surface area contributed by atoms with Gasteiger partial charge < -0.3 is 10.5 Å². The summed E-state index contributed by atoms with van der Waals surface area (Å²) in [5.74, 6) is 1.08. The van der Waals surface area contributed by atoms with Crippen molar-refractivity contribution in [2.45, 2.75) is 24.3 Å². The lowest BCUT2D eigenvalue weighted by Crippen LogP contribution is -2.31. The van der Waals surface area contributed by atoms with Gasteiger partial charge in [-0.25, -0.2) is 4.39 Å². The van der Waals surface area contributed by atoms with Gasteiger partial charge in [0.1, 0.15) is 5.82 Å². The summed E-state index contributed by atoms with van der Waals surface area (Å²) in [5, 5.41) is 0. The molecule has 1 aromatic carbocycles. The molecule has 17 heavy (non-hydrogen) atoms. The average molecular weight is 257 g/mol. The van der Waals surface area contributed by atoms with Gasteiger partial charge in [0.2, 0.25) is 0 Å². The molecule has 0 aliphatic carbocycles. The van der Waals surface area contributed by atoms with Crippen LogP contribution < -0.4 is 5.73 Å². The Labute approximate surface area is 107 Å². The first-order valence-electron chi connectivity index (χ1n) is 5.76. The van der Waals surface area contributed by atoms with Gasteiger partial charge >= 0.3 is 0 Å². The lowest BCUT2D eigenvalue weighted by atomic mass is 10.0. The average Bonchev–Trinajstić information content (AvgIpc) is 2.34. The van der Waals surface area contributed by atoms with E-state index in [-0.39, 0.29) is 11.9 Å². The summed E-state index contributed by atoms with van der Waals surface area (Å²) in [4.78, 5) is 1.06. The first kappa shape index (κ1) is 14.5.